The van der Waals surface area contributed by atoms with E-state index in [9.17, 15) is 0 Å². The van der Waals surface area contributed by atoms with Crippen LogP contribution in [0, 0.1) is 6.92 Å². The highest BCUT2D eigenvalue weighted by atomic mass is 14.7. The topological polar surface area (TPSA) is 15.8 Å². The summed E-state index contributed by atoms with van der Waals surface area (Å²) >= 11 is 0. The standard InChI is InChI=1S/C10H15N.C2H6/c1-4-8(2)7-10-5-6-11-9(10)3;1-2/h5-7,11H,4H2,1-3H3;1-2H3/b8-7-;. The van der Waals surface area contributed by atoms with Gasteiger partial charge < -0.3 is 4.98 Å². The van der Waals surface area contributed by atoms with Crippen molar-refractivity contribution in [1.29, 1.82) is 0 Å². The maximum absolute atomic E-state index is 3.15. The van der Waals surface area contributed by atoms with Gasteiger partial charge in [-0.2, -0.15) is 0 Å². The SMILES string of the molecule is CC.CC/C(C)=C\c1cc[nH]c1C. The first-order chi connectivity index (χ1) is 6.24. The summed E-state index contributed by atoms with van der Waals surface area (Å²) in [6.07, 6.45) is 5.33. The van der Waals surface area contributed by atoms with Gasteiger partial charge in [0.25, 0.3) is 0 Å². The number of nitrogens with one attached hydrogen (secondary N) is 1. The van der Waals surface area contributed by atoms with Crippen LogP contribution in [0.2, 0.25) is 0 Å². The lowest BCUT2D eigenvalue weighted by Gasteiger charge is -1.94. The maximum atomic E-state index is 3.15. The Bertz CT molecular complexity index is 256. The van der Waals surface area contributed by atoms with Gasteiger partial charge in [0.2, 0.25) is 0 Å². The van der Waals surface area contributed by atoms with Crippen molar-refractivity contribution >= 4 is 6.08 Å². The molecule has 0 atom stereocenters. The highest BCUT2D eigenvalue weighted by Gasteiger charge is 1.93. The summed E-state index contributed by atoms with van der Waals surface area (Å²) in [7, 11) is 0. The fourth-order valence-corrected chi connectivity index (χ4v) is 0.989. The van der Waals surface area contributed by atoms with Crippen LogP contribution in [0.15, 0.2) is 17.8 Å². The summed E-state index contributed by atoms with van der Waals surface area (Å²) in [6, 6.07) is 2.11. The second-order valence-electron chi connectivity index (χ2n) is 2.90. The zero-order valence-electron chi connectivity index (χ0n) is 9.44. The average Bonchev–Trinajstić information content (AvgIpc) is 2.55. The number of hydrogen-bond donors (Lipinski definition) is 1. The Balaban J connectivity index is 0.000000671. The van der Waals surface area contributed by atoms with E-state index >= 15 is 0 Å². The lowest BCUT2D eigenvalue weighted by atomic mass is 10.1. The second kappa shape index (κ2) is 6.53. The molecule has 0 unspecified atom stereocenters. The van der Waals surface area contributed by atoms with E-state index in [1.165, 1.54) is 16.8 Å². The van der Waals surface area contributed by atoms with E-state index in [-0.39, 0.29) is 0 Å². The first-order valence-electron chi connectivity index (χ1n) is 5.05. The minimum Gasteiger partial charge on any atom is -0.365 e. The Morgan fingerprint density at radius 1 is 1.46 bits per heavy atom. The molecular weight excluding hydrogens is 158 g/mol. The van der Waals surface area contributed by atoms with Crippen molar-refractivity contribution in [3.8, 4) is 0 Å². The van der Waals surface area contributed by atoms with E-state index in [0.717, 1.165) is 6.42 Å². The summed E-state index contributed by atoms with van der Waals surface area (Å²) in [6.45, 7) is 10.4. The molecule has 1 N–H and O–H groups in total. The van der Waals surface area contributed by atoms with Gasteiger partial charge in [0.1, 0.15) is 0 Å². The Morgan fingerprint density at radius 3 is 2.46 bits per heavy atom. The molecule has 0 amide bonds. The third kappa shape index (κ3) is 3.97. The predicted molar refractivity (Wildman–Crippen MR) is 60.8 cm³/mol. The highest BCUT2D eigenvalue weighted by molar-refractivity contribution is 5.54. The van der Waals surface area contributed by atoms with Crippen LogP contribution in [0.5, 0.6) is 0 Å². The monoisotopic (exact) mass is 179 g/mol. The van der Waals surface area contributed by atoms with E-state index in [2.05, 4.69) is 37.9 Å². The van der Waals surface area contributed by atoms with Crippen LogP contribution < -0.4 is 0 Å². The summed E-state index contributed by atoms with van der Waals surface area (Å²) in [4.78, 5) is 3.15. The smallest absolute Gasteiger partial charge is 0.0189 e. The van der Waals surface area contributed by atoms with E-state index in [1.807, 2.05) is 20.0 Å². The molecule has 13 heavy (non-hydrogen) atoms. The number of hydrogen-bond acceptors (Lipinski definition) is 0. The van der Waals surface area contributed by atoms with Crippen molar-refractivity contribution < 1.29 is 0 Å². The predicted octanol–water partition coefficient (Wildman–Crippen LogP) is 4.16. The van der Waals surface area contributed by atoms with E-state index in [4.69, 9.17) is 0 Å². The van der Waals surface area contributed by atoms with Gasteiger partial charge in [-0.3, -0.25) is 0 Å². The number of aromatic nitrogens is 1. The molecule has 0 saturated carbocycles. The van der Waals surface area contributed by atoms with Gasteiger partial charge in [-0.15, -0.1) is 0 Å². The van der Waals surface area contributed by atoms with Crippen LogP contribution >= 0.6 is 0 Å². The highest BCUT2D eigenvalue weighted by Crippen LogP contribution is 2.11. The van der Waals surface area contributed by atoms with Crippen LogP contribution in [0.25, 0.3) is 6.08 Å². The Labute approximate surface area is 81.9 Å². The largest absolute Gasteiger partial charge is 0.365 e. The normalized spacial score (nSPS) is 10.7. The number of H-pyrrole nitrogens is 1. The molecule has 1 heteroatoms. The number of rotatable bonds is 2. The Morgan fingerprint density at radius 2 is 2.08 bits per heavy atom. The van der Waals surface area contributed by atoms with Crippen molar-refractivity contribution in [1.82, 2.24) is 4.98 Å². The van der Waals surface area contributed by atoms with Gasteiger partial charge in [-0.25, -0.2) is 0 Å². The maximum Gasteiger partial charge on any atom is 0.0189 e. The van der Waals surface area contributed by atoms with Gasteiger partial charge in [0.15, 0.2) is 0 Å². The summed E-state index contributed by atoms with van der Waals surface area (Å²) < 4.78 is 0. The zero-order chi connectivity index (χ0) is 10.3. The van der Waals surface area contributed by atoms with Crippen molar-refractivity contribution in [2.75, 3.05) is 0 Å². The first kappa shape index (κ1) is 12.0. The molecule has 0 bridgehead atoms. The molecule has 0 aliphatic heterocycles. The molecule has 0 aromatic carbocycles. The molecule has 1 heterocycles. The van der Waals surface area contributed by atoms with E-state index in [0.29, 0.717) is 0 Å². The van der Waals surface area contributed by atoms with E-state index < -0.39 is 0 Å². The fraction of sp³-hybridized carbons (Fsp3) is 0.500. The number of allylic oxidation sites excluding steroid dienone is 1. The lowest BCUT2D eigenvalue weighted by Crippen LogP contribution is -1.76. The quantitative estimate of drug-likeness (QED) is 0.701. The fourth-order valence-electron chi connectivity index (χ4n) is 0.989. The molecule has 1 rings (SSSR count). The van der Waals surface area contributed by atoms with Crippen LogP contribution in [0.3, 0.4) is 0 Å². The molecule has 0 aliphatic carbocycles. The second-order valence-corrected chi connectivity index (χ2v) is 2.90. The third-order valence-electron chi connectivity index (χ3n) is 1.96. The third-order valence-corrected chi connectivity index (χ3v) is 1.96. The molecular formula is C12H21N. The van der Waals surface area contributed by atoms with Gasteiger partial charge in [0.05, 0.1) is 0 Å². The molecule has 0 fully saturated rings. The average molecular weight is 179 g/mol. The molecule has 74 valence electrons. The molecule has 1 aromatic heterocycles. The van der Waals surface area contributed by atoms with Crippen molar-refractivity contribution in [3.05, 3.63) is 29.1 Å². The Kier molecular flexibility index (Phi) is 6.03. The summed E-state index contributed by atoms with van der Waals surface area (Å²) in [5, 5.41) is 0. The van der Waals surface area contributed by atoms with Crippen LogP contribution in [0.4, 0.5) is 0 Å². The zero-order valence-corrected chi connectivity index (χ0v) is 9.44. The van der Waals surface area contributed by atoms with Crippen LogP contribution in [0.1, 0.15) is 45.4 Å². The number of aromatic amines is 1. The summed E-state index contributed by atoms with van der Waals surface area (Å²) in [5.41, 5.74) is 3.98. The van der Waals surface area contributed by atoms with Gasteiger partial charge in [-0.1, -0.05) is 32.4 Å². The van der Waals surface area contributed by atoms with Gasteiger partial charge in [-0.05, 0) is 31.9 Å². The first-order valence-corrected chi connectivity index (χ1v) is 5.05. The molecule has 1 nitrogen and oxygen atoms in total. The lowest BCUT2D eigenvalue weighted by molar-refractivity contribution is 1.11. The van der Waals surface area contributed by atoms with Crippen LogP contribution in [-0.4, -0.2) is 4.98 Å². The molecule has 0 spiro atoms. The molecule has 1 aromatic rings. The van der Waals surface area contributed by atoms with Gasteiger partial charge in [0, 0.05) is 11.9 Å². The van der Waals surface area contributed by atoms with Crippen LogP contribution in [-0.2, 0) is 0 Å². The Hall–Kier alpha value is -0.980. The van der Waals surface area contributed by atoms with Crippen molar-refractivity contribution in [2.45, 2.75) is 41.0 Å². The van der Waals surface area contributed by atoms with Crippen molar-refractivity contribution in [3.63, 3.8) is 0 Å². The summed E-state index contributed by atoms with van der Waals surface area (Å²) in [5.74, 6) is 0. The molecule has 0 aliphatic rings. The van der Waals surface area contributed by atoms with Crippen molar-refractivity contribution in [2.24, 2.45) is 0 Å². The minimum absolute atomic E-state index is 1.13. The molecule has 0 saturated heterocycles. The van der Waals surface area contributed by atoms with E-state index in [1.54, 1.807) is 0 Å². The number of aryl methyl sites for hydroxylation is 1. The van der Waals surface area contributed by atoms with Gasteiger partial charge >= 0.3 is 0 Å². The minimum atomic E-state index is 1.13. The molecule has 0 radical (unpaired) electrons.